The van der Waals surface area contributed by atoms with Gasteiger partial charge in [0.2, 0.25) is 5.91 Å². The quantitative estimate of drug-likeness (QED) is 0.515. The van der Waals surface area contributed by atoms with E-state index in [4.69, 9.17) is 0 Å². The normalized spacial score (nSPS) is 10.4. The molecule has 2 rings (SSSR count). The highest BCUT2D eigenvalue weighted by molar-refractivity contribution is 5.98. The Morgan fingerprint density at radius 3 is 2.12 bits per heavy atom. The van der Waals surface area contributed by atoms with Gasteiger partial charge in [-0.1, -0.05) is 54.6 Å². The highest BCUT2D eigenvalue weighted by atomic mass is 16.2. The van der Waals surface area contributed by atoms with Gasteiger partial charge in [-0.3, -0.25) is 9.59 Å². The number of rotatable bonds is 10. The lowest BCUT2D eigenvalue weighted by Crippen LogP contribution is -2.25. The number of Topliss-reactive ketones (excluding diaryl/α,β-unsaturated/α-hetero) is 1. The van der Waals surface area contributed by atoms with Crippen molar-refractivity contribution in [3.63, 3.8) is 0 Å². The molecule has 0 heterocycles. The van der Waals surface area contributed by atoms with E-state index in [2.05, 4.69) is 10.6 Å². The number of carbonyl (C=O) groups excluding carboxylic acids is 2. The smallest absolute Gasteiger partial charge is 0.220 e. The Morgan fingerprint density at radius 1 is 0.800 bits per heavy atom. The van der Waals surface area contributed by atoms with E-state index < -0.39 is 0 Å². The lowest BCUT2D eigenvalue weighted by atomic mass is 10.0. The van der Waals surface area contributed by atoms with E-state index in [9.17, 15) is 9.59 Å². The Bertz CT molecular complexity index is 666. The summed E-state index contributed by atoms with van der Waals surface area (Å²) in [5.41, 5.74) is 2.86. The van der Waals surface area contributed by atoms with Crippen LogP contribution in [0.2, 0.25) is 0 Å². The third-order valence-electron chi connectivity index (χ3n) is 4.07. The van der Waals surface area contributed by atoms with Crippen LogP contribution in [0.4, 0.5) is 0 Å². The van der Waals surface area contributed by atoms with Crippen molar-refractivity contribution >= 4 is 11.7 Å². The van der Waals surface area contributed by atoms with Gasteiger partial charge in [-0.15, -0.1) is 0 Å². The maximum atomic E-state index is 12.2. The fourth-order valence-electron chi connectivity index (χ4n) is 2.59. The molecule has 0 bridgehead atoms. The molecule has 1 amide bonds. The maximum Gasteiger partial charge on any atom is 0.220 e. The lowest BCUT2D eigenvalue weighted by molar-refractivity contribution is -0.121. The lowest BCUT2D eigenvalue weighted by Gasteiger charge is -2.06. The molecule has 4 heteroatoms. The molecule has 0 aliphatic heterocycles. The molecule has 0 saturated carbocycles. The van der Waals surface area contributed by atoms with Crippen molar-refractivity contribution < 1.29 is 9.59 Å². The predicted molar refractivity (Wildman–Crippen MR) is 102 cm³/mol. The zero-order chi connectivity index (χ0) is 17.9. The van der Waals surface area contributed by atoms with Crippen LogP contribution in [0.5, 0.6) is 0 Å². The molecule has 0 aromatic heterocycles. The fraction of sp³-hybridized carbons (Fsp3) is 0.333. The Kier molecular flexibility index (Phi) is 7.86. The van der Waals surface area contributed by atoms with Crippen molar-refractivity contribution in [1.29, 1.82) is 0 Å². The van der Waals surface area contributed by atoms with Gasteiger partial charge in [0.25, 0.3) is 0 Å². The molecule has 4 nitrogen and oxygen atoms in total. The minimum atomic E-state index is -0.0567. The first-order valence-corrected chi connectivity index (χ1v) is 8.80. The van der Waals surface area contributed by atoms with Crippen LogP contribution < -0.4 is 10.6 Å². The standard InChI is InChI=1S/C21H26N2O2/c1-22-15-5-6-16-23-21(25)14-13-20(24)19-11-9-18(10-12-19)17-7-3-2-4-8-17/h2-4,7-12,22H,5-6,13-16H2,1H3,(H,23,25). The second-order valence-corrected chi connectivity index (χ2v) is 6.03. The van der Waals surface area contributed by atoms with Crippen molar-refractivity contribution in [1.82, 2.24) is 10.6 Å². The molecule has 0 aliphatic rings. The number of amides is 1. The molecular formula is C21H26N2O2. The first kappa shape index (κ1) is 18.9. The number of benzene rings is 2. The molecular weight excluding hydrogens is 312 g/mol. The van der Waals surface area contributed by atoms with Crippen LogP contribution in [0.3, 0.4) is 0 Å². The van der Waals surface area contributed by atoms with E-state index in [1.54, 1.807) is 0 Å². The van der Waals surface area contributed by atoms with Gasteiger partial charge >= 0.3 is 0 Å². The predicted octanol–water partition coefficient (Wildman–Crippen LogP) is 3.43. The largest absolute Gasteiger partial charge is 0.356 e. The van der Waals surface area contributed by atoms with Gasteiger partial charge in [-0.2, -0.15) is 0 Å². The maximum absolute atomic E-state index is 12.2. The molecule has 0 unspecified atom stereocenters. The van der Waals surface area contributed by atoms with Crippen molar-refractivity contribution in [2.24, 2.45) is 0 Å². The summed E-state index contributed by atoms with van der Waals surface area (Å²) >= 11 is 0. The summed E-state index contributed by atoms with van der Waals surface area (Å²) in [6.45, 7) is 1.62. The number of nitrogens with one attached hydrogen (secondary N) is 2. The topological polar surface area (TPSA) is 58.2 Å². The van der Waals surface area contributed by atoms with Crippen LogP contribution in [0.15, 0.2) is 54.6 Å². The van der Waals surface area contributed by atoms with Crippen LogP contribution in [0.1, 0.15) is 36.0 Å². The Hall–Kier alpha value is -2.46. The van der Waals surface area contributed by atoms with Crippen molar-refractivity contribution in [3.8, 4) is 11.1 Å². The fourth-order valence-corrected chi connectivity index (χ4v) is 2.59. The van der Waals surface area contributed by atoms with E-state index in [0.29, 0.717) is 12.1 Å². The summed E-state index contributed by atoms with van der Waals surface area (Å²) in [6.07, 6.45) is 2.46. The molecule has 2 aromatic carbocycles. The van der Waals surface area contributed by atoms with Crippen molar-refractivity contribution in [2.75, 3.05) is 20.1 Å². The van der Waals surface area contributed by atoms with Gasteiger partial charge < -0.3 is 10.6 Å². The monoisotopic (exact) mass is 338 g/mol. The Balaban J connectivity index is 1.76. The van der Waals surface area contributed by atoms with E-state index in [1.165, 1.54) is 0 Å². The average Bonchev–Trinajstić information content (AvgIpc) is 2.67. The Labute approximate surface area is 149 Å². The minimum Gasteiger partial charge on any atom is -0.356 e. The zero-order valence-electron chi connectivity index (χ0n) is 14.8. The molecule has 0 aliphatic carbocycles. The summed E-state index contributed by atoms with van der Waals surface area (Å²) in [5.74, 6) is -0.0522. The van der Waals surface area contributed by atoms with E-state index in [0.717, 1.165) is 30.5 Å². The second-order valence-electron chi connectivity index (χ2n) is 6.03. The number of carbonyl (C=O) groups is 2. The molecule has 0 spiro atoms. The molecule has 0 saturated heterocycles. The highest BCUT2D eigenvalue weighted by Crippen LogP contribution is 2.19. The van der Waals surface area contributed by atoms with E-state index >= 15 is 0 Å². The third kappa shape index (κ3) is 6.51. The number of ketones is 1. The summed E-state index contributed by atoms with van der Waals surface area (Å²) < 4.78 is 0. The number of unbranched alkanes of at least 4 members (excludes halogenated alkanes) is 1. The van der Waals surface area contributed by atoms with Gasteiger partial charge in [0.1, 0.15) is 0 Å². The summed E-state index contributed by atoms with van der Waals surface area (Å²) in [6, 6.07) is 17.6. The molecule has 2 N–H and O–H groups in total. The third-order valence-corrected chi connectivity index (χ3v) is 4.07. The van der Waals surface area contributed by atoms with Crippen LogP contribution in [-0.2, 0) is 4.79 Å². The number of hydrogen-bond donors (Lipinski definition) is 2. The van der Waals surface area contributed by atoms with Crippen LogP contribution in [0.25, 0.3) is 11.1 Å². The average molecular weight is 338 g/mol. The SMILES string of the molecule is CNCCCCNC(=O)CCC(=O)c1ccc(-c2ccccc2)cc1. The first-order valence-electron chi connectivity index (χ1n) is 8.80. The van der Waals surface area contributed by atoms with Gasteiger partial charge in [-0.05, 0) is 37.6 Å². The van der Waals surface area contributed by atoms with Crippen LogP contribution >= 0.6 is 0 Å². The highest BCUT2D eigenvalue weighted by Gasteiger charge is 2.09. The molecule has 132 valence electrons. The number of hydrogen-bond acceptors (Lipinski definition) is 3. The van der Waals surface area contributed by atoms with Crippen molar-refractivity contribution in [3.05, 3.63) is 60.2 Å². The first-order chi connectivity index (χ1) is 12.2. The van der Waals surface area contributed by atoms with E-state index in [1.807, 2.05) is 61.6 Å². The van der Waals surface area contributed by atoms with Crippen LogP contribution in [-0.4, -0.2) is 31.8 Å². The summed E-state index contributed by atoms with van der Waals surface area (Å²) in [5, 5.41) is 5.93. The van der Waals surface area contributed by atoms with E-state index in [-0.39, 0.29) is 24.5 Å². The molecule has 2 aromatic rings. The van der Waals surface area contributed by atoms with Gasteiger partial charge in [0.15, 0.2) is 5.78 Å². The second kappa shape index (κ2) is 10.4. The van der Waals surface area contributed by atoms with Crippen molar-refractivity contribution in [2.45, 2.75) is 25.7 Å². The van der Waals surface area contributed by atoms with Gasteiger partial charge in [-0.25, -0.2) is 0 Å². The molecule has 0 fully saturated rings. The molecule has 0 radical (unpaired) electrons. The van der Waals surface area contributed by atoms with Crippen LogP contribution in [0, 0.1) is 0 Å². The Morgan fingerprint density at radius 2 is 1.44 bits per heavy atom. The van der Waals surface area contributed by atoms with Gasteiger partial charge in [0, 0.05) is 24.9 Å². The molecule has 0 atom stereocenters. The van der Waals surface area contributed by atoms with Gasteiger partial charge in [0.05, 0.1) is 0 Å². The molecule has 25 heavy (non-hydrogen) atoms. The summed E-state index contributed by atoms with van der Waals surface area (Å²) in [7, 11) is 1.91. The summed E-state index contributed by atoms with van der Waals surface area (Å²) in [4.78, 5) is 24.0. The minimum absolute atomic E-state index is 0.00458. The zero-order valence-corrected chi connectivity index (χ0v) is 14.8.